The van der Waals surface area contributed by atoms with Gasteiger partial charge in [-0.05, 0) is 61.6 Å². The topological polar surface area (TPSA) is 62.6 Å². The van der Waals surface area contributed by atoms with E-state index in [1.807, 2.05) is 47.5 Å². The number of H-pyrrole nitrogens is 1. The van der Waals surface area contributed by atoms with E-state index in [-0.39, 0.29) is 0 Å². The fraction of sp³-hybridized carbons (Fsp3) is 0.286. The van der Waals surface area contributed by atoms with E-state index in [1.165, 1.54) is 5.69 Å². The number of hydrogen-bond acceptors (Lipinski definition) is 4. The molecule has 6 nitrogen and oxygen atoms in total. The van der Waals surface area contributed by atoms with Crippen molar-refractivity contribution >= 4 is 28.3 Å². The van der Waals surface area contributed by atoms with E-state index >= 15 is 0 Å². The molecule has 0 saturated carbocycles. The minimum absolute atomic E-state index is 0.683. The van der Waals surface area contributed by atoms with Crippen LogP contribution in [0.25, 0.3) is 16.6 Å². The highest BCUT2D eigenvalue weighted by Gasteiger charge is 2.24. The number of aromatic nitrogens is 5. The highest BCUT2D eigenvalue weighted by molar-refractivity contribution is 6.30. The smallest absolute Gasteiger partial charge is 0.159 e. The van der Waals surface area contributed by atoms with Gasteiger partial charge in [0.2, 0.25) is 0 Å². The Morgan fingerprint density at radius 3 is 2.61 bits per heavy atom. The van der Waals surface area contributed by atoms with Crippen LogP contribution >= 0.6 is 11.6 Å². The van der Waals surface area contributed by atoms with Crippen molar-refractivity contribution in [1.29, 1.82) is 0 Å². The SMILES string of the molecule is Clc1ccc(-n2nc(N3CCC(Cc4ccn[nH]4)CC3)c3ccncc32)cc1. The summed E-state index contributed by atoms with van der Waals surface area (Å²) in [5, 5.41) is 14.0. The lowest BCUT2D eigenvalue weighted by Crippen LogP contribution is -2.34. The second-order valence-electron chi connectivity index (χ2n) is 7.32. The first-order chi connectivity index (χ1) is 13.8. The first-order valence-electron chi connectivity index (χ1n) is 9.60. The number of piperidine rings is 1. The van der Waals surface area contributed by atoms with E-state index in [4.69, 9.17) is 16.7 Å². The van der Waals surface area contributed by atoms with Crippen LogP contribution < -0.4 is 4.90 Å². The Hall–Kier alpha value is -2.86. The molecule has 0 amide bonds. The van der Waals surface area contributed by atoms with E-state index in [9.17, 15) is 0 Å². The molecule has 0 bridgehead atoms. The third kappa shape index (κ3) is 3.24. The summed E-state index contributed by atoms with van der Waals surface area (Å²) in [6, 6.07) is 11.9. The average Bonchev–Trinajstić information content (AvgIpc) is 3.37. The normalized spacial score (nSPS) is 15.4. The van der Waals surface area contributed by atoms with E-state index in [2.05, 4.69) is 32.2 Å². The molecule has 1 fully saturated rings. The third-order valence-electron chi connectivity index (χ3n) is 5.52. The molecule has 28 heavy (non-hydrogen) atoms. The zero-order valence-corrected chi connectivity index (χ0v) is 16.2. The molecule has 1 aromatic carbocycles. The number of benzene rings is 1. The van der Waals surface area contributed by atoms with Crippen molar-refractivity contribution in [2.24, 2.45) is 5.92 Å². The van der Waals surface area contributed by atoms with Gasteiger partial charge in [0.25, 0.3) is 0 Å². The van der Waals surface area contributed by atoms with Gasteiger partial charge < -0.3 is 4.90 Å². The monoisotopic (exact) mass is 392 g/mol. The van der Waals surface area contributed by atoms with Crippen LogP contribution in [0, 0.1) is 5.92 Å². The average molecular weight is 393 g/mol. The molecule has 0 radical (unpaired) electrons. The van der Waals surface area contributed by atoms with Gasteiger partial charge in [-0.15, -0.1) is 5.10 Å². The highest BCUT2D eigenvalue weighted by atomic mass is 35.5. The molecule has 1 aliphatic heterocycles. The Kier molecular flexibility index (Phi) is 4.49. The van der Waals surface area contributed by atoms with Crippen LogP contribution in [0.1, 0.15) is 18.5 Å². The van der Waals surface area contributed by atoms with Gasteiger partial charge in [-0.25, -0.2) is 4.68 Å². The number of fused-ring (bicyclic) bond motifs is 1. The first-order valence-corrected chi connectivity index (χ1v) is 9.97. The van der Waals surface area contributed by atoms with Gasteiger partial charge in [-0.1, -0.05) is 11.6 Å². The van der Waals surface area contributed by atoms with Gasteiger partial charge in [0.1, 0.15) is 0 Å². The van der Waals surface area contributed by atoms with Crippen LogP contribution in [-0.2, 0) is 6.42 Å². The van der Waals surface area contributed by atoms with Crippen molar-refractivity contribution in [2.45, 2.75) is 19.3 Å². The molecular weight excluding hydrogens is 372 g/mol. The van der Waals surface area contributed by atoms with Crippen LogP contribution in [0.4, 0.5) is 5.82 Å². The standard InChI is InChI=1S/C21H21ClN6/c22-16-1-3-18(4-2-16)28-20-14-23-9-6-19(20)21(26-28)27-11-7-15(8-12-27)13-17-5-10-24-25-17/h1-6,9-10,14-15H,7-8,11-13H2,(H,24,25). The number of nitrogens with one attached hydrogen (secondary N) is 1. The van der Waals surface area contributed by atoms with Crippen molar-refractivity contribution < 1.29 is 0 Å². The molecule has 0 atom stereocenters. The minimum Gasteiger partial charge on any atom is -0.355 e. The van der Waals surface area contributed by atoms with Crippen LogP contribution in [0.2, 0.25) is 5.02 Å². The van der Waals surface area contributed by atoms with E-state index in [1.54, 1.807) is 0 Å². The van der Waals surface area contributed by atoms with E-state index in [0.29, 0.717) is 5.92 Å². The Bertz CT molecular complexity index is 1060. The van der Waals surface area contributed by atoms with Crippen molar-refractivity contribution in [3.05, 3.63) is 65.7 Å². The van der Waals surface area contributed by atoms with E-state index in [0.717, 1.165) is 59.8 Å². The molecule has 4 heterocycles. The maximum atomic E-state index is 6.05. The summed E-state index contributed by atoms with van der Waals surface area (Å²) >= 11 is 6.05. The molecule has 3 aromatic heterocycles. The summed E-state index contributed by atoms with van der Waals surface area (Å²) in [5.41, 5.74) is 3.23. The Morgan fingerprint density at radius 2 is 1.86 bits per heavy atom. The molecule has 5 rings (SSSR count). The second-order valence-corrected chi connectivity index (χ2v) is 7.76. The van der Waals surface area contributed by atoms with Gasteiger partial charge in [0.05, 0.1) is 17.4 Å². The number of pyridine rings is 1. The van der Waals surface area contributed by atoms with Crippen molar-refractivity contribution in [2.75, 3.05) is 18.0 Å². The predicted molar refractivity (Wildman–Crippen MR) is 111 cm³/mol. The lowest BCUT2D eigenvalue weighted by Gasteiger charge is -2.32. The van der Waals surface area contributed by atoms with Crippen molar-refractivity contribution in [3.63, 3.8) is 0 Å². The van der Waals surface area contributed by atoms with E-state index < -0.39 is 0 Å². The number of rotatable bonds is 4. The summed E-state index contributed by atoms with van der Waals surface area (Å²) in [6.07, 6.45) is 8.92. The maximum Gasteiger partial charge on any atom is 0.159 e. The van der Waals surface area contributed by atoms with Crippen LogP contribution in [-0.4, -0.2) is 38.1 Å². The zero-order valence-electron chi connectivity index (χ0n) is 15.4. The van der Waals surface area contributed by atoms with Crippen LogP contribution in [0.5, 0.6) is 0 Å². The number of hydrogen-bond donors (Lipinski definition) is 1. The van der Waals surface area contributed by atoms with Gasteiger partial charge in [0, 0.05) is 41.6 Å². The molecule has 1 aliphatic rings. The number of anilines is 1. The van der Waals surface area contributed by atoms with Crippen molar-refractivity contribution in [1.82, 2.24) is 25.0 Å². The van der Waals surface area contributed by atoms with Gasteiger partial charge in [0.15, 0.2) is 5.82 Å². The molecular formula is C21H21ClN6. The molecule has 0 unspecified atom stereocenters. The van der Waals surface area contributed by atoms with Crippen molar-refractivity contribution in [3.8, 4) is 5.69 Å². The minimum atomic E-state index is 0.683. The number of nitrogens with zero attached hydrogens (tertiary/aromatic N) is 5. The molecule has 0 spiro atoms. The number of aromatic amines is 1. The number of halogens is 1. The second kappa shape index (κ2) is 7.28. The van der Waals surface area contributed by atoms with Gasteiger partial charge in [-0.3, -0.25) is 10.1 Å². The molecule has 4 aromatic rings. The lowest BCUT2D eigenvalue weighted by molar-refractivity contribution is 0.399. The molecule has 1 N–H and O–H groups in total. The fourth-order valence-corrected chi connectivity index (χ4v) is 4.14. The summed E-state index contributed by atoms with van der Waals surface area (Å²) in [5.74, 6) is 1.72. The zero-order chi connectivity index (χ0) is 18.9. The fourth-order valence-electron chi connectivity index (χ4n) is 4.02. The third-order valence-corrected chi connectivity index (χ3v) is 5.77. The Balaban J connectivity index is 1.41. The Morgan fingerprint density at radius 1 is 1.04 bits per heavy atom. The summed E-state index contributed by atoms with van der Waals surface area (Å²) in [7, 11) is 0. The van der Waals surface area contributed by atoms with Gasteiger partial charge in [-0.2, -0.15) is 5.10 Å². The Labute approximate surface area is 168 Å². The first kappa shape index (κ1) is 17.3. The maximum absolute atomic E-state index is 6.05. The highest BCUT2D eigenvalue weighted by Crippen LogP contribution is 2.31. The van der Waals surface area contributed by atoms with Crippen LogP contribution in [0.3, 0.4) is 0 Å². The lowest BCUT2D eigenvalue weighted by atomic mass is 9.92. The summed E-state index contributed by atoms with van der Waals surface area (Å²) in [6.45, 7) is 2.02. The van der Waals surface area contributed by atoms with Gasteiger partial charge >= 0.3 is 0 Å². The molecule has 1 saturated heterocycles. The molecule has 7 heteroatoms. The largest absolute Gasteiger partial charge is 0.355 e. The quantitative estimate of drug-likeness (QED) is 0.563. The summed E-state index contributed by atoms with van der Waals surface area (Å²) < 4.78 is 1.96. The summed E-state index contributed by atoms with van der Waals surface area (Å²) in [4.78, 5) is 6.72. The van der Waals surface area contributed by atoms with Crippen LogP contribution in [0.15, 0.2) is 55.0 Å². The molecule has 142 valence electrons. The molecule has 0 aliphatic carbocycles. The predicted octanol–water partition coefficient (Wildman–Crippen LogP) is 4.26.